The topological polar surface area (TPSA) is 86.7 Å². The van der Waals surface area contributed by atoms with Gasteiger partial charge in [-0.15, -0.1) is 0 Å². The van der Waals surface area contributed by atoms with Crippen LogP contribution in [-0.4, -0.2) is 30.0 Å². The lowest BCUT2D eigenvalue weighted by atomic mass is 9.09. The number of hydrogen-bond acceptors (Lipinski definition) is 6. The summed E-state index contributed by atoms with van der Waals surface area (Å²) in [6.07, 6.45) is 0. The lowest BCUT2D eigenvalue weighted by Crippen LogP contribution is -2.92. The molecule has 6 fully saturated rings. The molecule has 8 heteroatoms. The second-order valence-electron chi connectivity index (χ2n) is 11.0. The molecule has 2 bridgehead atoms. The van der Waals surface area contributed by atoms with Gasteiger partial charge in [0.05, 0.1) is 23.0 Å². The van der Waals surface area contributed by atoms with Crippen molar-refractivity contribution in [1.29, 1.82) is 0 Å². The van der Waals surface area contributed by atoms with E-state index in [-0.39, 0.29) is 34.8 Å². The zero-order chi connectivity index (χ0) is 23.6. The molecule has 8 rings (SSSR count). The SMILES string of the molecule is Cc1ccc(S(=O)(=O)OC[C@H]2C3[C@H]4C5C6[C@@H]4C([C@H]6[C@H]53)[C@@H]2COS(=O)(=O)c2ccc(C)cc2)cc1. The molecule has 180 valence electrons. The maximum atomic E-state index is 12.8. The van der Waals surface area contributed by atoms with Crippen LogP contribution in [0.5, 0.6) is 0 Å². The third-order valence-corrected chi connectivity index (χ3v) is 12.5. The van der Waals surface area contributed by atoms with E-state index in [2.05, 4.69) is 0 Å². The molecule has 4 unspecified atom stereocenters. The first kappa shape index (κ1) is 21.5. The Labute approximate surface area is 200 Å². The molecule has 2 aromatic carbocycles. The van der Waals surface area contributed by atoms with Crippen LogP contribution in [0, 0.1) is 73.0 Å². The normalized spacial score (nSPS) is 40.4. The van der Waals surface area contributed by atoms with Gasteiger partial charge in [0.2, 0.25) is 0 Å². The van der Waals surface area contributed by atoms with Crippen LogP contribution < -0.4 is 0 Å². The number of fused-ring (bicyclic) bond motifs is 1. The molecule has 0 saturated heterocycles. The van der Waals surface area contributed by atoms with E-state index < -0.39 is 20.2 Å². The molecule has 0 N–H and O–H groups in total. The van der Waals surface area contributed by atoms with Gasteiger partial charge in [0.25, 0.3) is 20.2 Å². The Balaban J connectivity index is 1.11. The van der Waals surface area contributed by atoms with Gasteiger partial charge in [-0.25, -0.2) is 0 Å². The number of aryl methyl sites for hydroxylation is 2. The van der Waals surface area contributed by atoms with Crippen LogP contribution in [0.15, 0.2) is 58.3 Å². The van der Waals surface area contributed by atoms with Gasteiger partial charge < -0.3 is 0 Å². The fourth-order valence-electron chi connectivity index (χ4n) is 8.61. The van der Waals surface area contributed by atoms with Gasteiger partial charge in [0, 0.05) is 0 Å². The van der Waals surface area contributed by atoms with Gasteiger partial charge in [-0.3, -0.25) is 8.37 Å². The zero-order valence-corrected chi connectivity index (χ0v) is 20.7. The minimum Gasteiger partial charge on any atom is -0.266 e. The molecular formula is C26H28O6S2. The van der Waals surface area contributed by atoms with E-state index in [9.17, 15) is 16.8 Å². The second-order valence-corrected chi connectivity index (χ2v) is 14.3. The molecule has 0 spiro atoms. The Morgan fingerprint density at radius 3 is 1.15 bits per heavy atom. The Kier molecular flexibility index (Phi) is 4.39. The predicted molar refractivity (Wildman–Crippen MR) is 124 cm³/mol. The van der Waals surface area contributed by atoms with E-state index in [1.807, 2.05) is 13.8 Å². The maximum absolute atomic E-state index is 12.8. The van der Waals surface area contributed by atoms with E-state index in [0.29, 0.717) is 35.5 Å². The van der Waals surface area contributed by atoms with Crippen molar-refractivity contribution in [3.05, 3.63) is 59.7 Å². The van der Waals surface area contributed by atoms with Crippen LogP contribution in [-0.2, 0) is 28.6 Å². The zero-order valence-electron chi connectivity index (χ0n) is 19.1. The fraction of sp³-hybridized carbons (Fsp3) is 0.538. The summed E-state index contributed by atoms with van der Waals surface area (Å²) in [5, 5.41) is 0. The lowest BCUT2D eigenvalue weighted by molar-refractivity contribution is -0.487. The standard InChI is InChI=1S/C26H28O6S2/c1-13-3-7-15(8-4-13)33(27,28)31-11-17-18(12-32-34(29,30)16-9-5-14(2)6-10-16)20-23-21-19(17)22-24(20)26(23)25(21)22/h3-10,17-26H,11-12H2,1-2H3/t17-,18-,19?,20?,21-,22-,23-,24+,25?,26?/m1/s1. The molecule has 10 atom stereocenters. The van der Waals surface area contributed by atoms with E-state index in [1.165, 1.54) is 0 Å². The van der Waals surface area contributed by atoms with Crippen molar-refractivity contribution in [2.24, 2.45) is 59.2 Å². The summed E-state index contributed by atoms with van der Waals surface area (Å²) < 4.78 is 62.6. The molecule has 2 aromatic rings. The van der Waals surface area contributed by atoms with Crippen molar-refractivity contribution in [2.75, 3.05) is 13.2 Å². The summed E-state index contributed by atoms with van der Waals surface area (Å²) in [5.41, 5.74) is 1.97. The van der Waals surface area contributed by atoms with Crippen molar-refractivity contribution in [1.82, 2.24) is 0 Å². The smallest absolute Gasteiger partial charge is 0.266 e. The fourth-order valence-corrected chi connectivity index (χ4v) is 10.5. The van der Waals surface area contributed by atoms with Crippen LogP contribution in [0.3, 0.4) is 0 Å². The quantitative estimate of drug-likeness (QED) is 0.515. The second kappa shape index (κ2) is 6.93. The highest BCUT2D eigenvalue weighted by Crippen LogP contribution is 2.93. The molecule has 6 saturated carbocycles. The van der Waals surface area contributed by atoms with Gasteiger partial charge in [-0.1, -0.05) is 35.4 Å². The summed E-state index contributed by atoms with van der Waals surface area (Å²) in [6.45, 7) is 4.01. The highest BCUT2D eigenvalue weighted by atomic mass is 32.2. The first-order valence-corrected chi connectivity index (χ1v) is 14.9. The third kappa shape index (κ3) is 2.68. The highest BCUT2D eigenvalue weighted by Gasteiger charge is 2.90. The van der Waals surface area contributed by atoms with E-state index >= 15 is 0 Å². The first-order chi connectivity index (χ1) is 16.2. The number of benzene rings is 2. The average molecular weight is 501 g/mol. The van der Waals surface area contributed by atoms with Crippen LogP contribution in [0.1, 0.15) is 11.1 Å². The maximum Gasteiger partial charge on any atom is 0.296 e. The van der Waals surface area contributed by atoms with Crippen molar-refractivity contribution in [3.8, 4) is 0 Å². The Bertz CT molecular complexity index is 1240. The van der Waals surface area contributed by atoms with Crippen molar-refractivity contribution < 1.29 is 25.2 Å². The number of hydrogen-bond donors (Lipinski definition) is 0. The lowest BCUT2D eigenvalue weighted by Gasteiger charge is -2.95. The molecule has 6 nitrogen and oxygen atoms in total. The minimum absolute atomic E-state index is 0.0124. The Morgan fingerprint density at radius 2 is 0.824 bits per heavy atom. The summed E-state index contributed by atoms with van der Waals surface area (Å²) >= 11 is 0. The van der Waals surface area contributed by atoms with Gasteiger partial charge in [0.15, 0.2) is 0 Å². The van der Waals surface area contributed by atoms with Crippen LogP contribution >= 0.6 is 0 Å². The van der Waals surface area contributed by atoms with Gasteiger partial charge in [0.1, 0.15) is 0 Å². The van der Waals surface area contributed by atoms with Crippen molar-refractivity contribution in [3.63, 3.8) is 0 Å². The minimum atomic E-state index is -3.87. The summed E-state index contributed by atoms with van der Waals surface area (Å²) in [6, 6.07) is 13.3. The van der Waals surface area contributed by atoms with Gasteiger partial charge >= 0.3 is 0 Å². The van der Waals surface area contributed by atoms with E-state index in [4.69, 9.17) is 8.37 Å². The predicted octanol–water partition coefficient (Wildman–Crippen LogP) is 3.64. The van der Waals surface area contributed by atoms with Gasteiger partial charge in [-0.2, -0.15) is 16.8 Å². The largest absolute Gasteiger partial charge is 0.296 e. The monoisotopic (exact) mass is 500 g/mol. The Morgan fingerprint density at radius 1 is 0.529 bits per heavy atom. The average Bonchev–Trinajstić information content (AvgIpc) is 2.78. The van der Waals surface area contributed by atoms with E-state index in [1.54, 1.807) is 48.5 Å². The molecular weight excluding hydrogens is 472 g/mol. The van der Waals surface area contributed by atoms with E-state index in [0.717, 1.165) is 23.0 Å². The van der Waals surface area contributed by atoms with Crippen molar-refractivity contribution in [2.45, 2.75) is 23.6 Å². The highest BCUT2D eigenvalue weighted by molar-refractivity contribution is 7.87. The van der Waals surface area contributed by atoms with Crippen LogP contribution in [0.2, 0.25) is 0 Å². The molecule has 0 aromatic heterocycles. The molecule has 6 aliphatic rings. The molecule has 0 amide bonds. The van der Waals surface area contributed by atoms with Gasteiger partial charge in [-0.05, 0) is 97.3 Å². The molecule has 34 heavy (non-hydrogen) atoms. The summed E-state index contributed by atoms with van der Waals surface area (Å²) in [7, 11) is -7.73. The van der Waals surface area contributed by atoms with Crippen molar-refractivity contribution >= 4 is 20.2 Å². The summed E-state index contributed by atoms with van der Waals surface area (Å²) in [4.78, 5) is 0.318. The third-order valence-electron chi connectivity index (χ3n) is 9.88. The first-order valence-electron chi connectivity index (χ1n) is 12.1. The van der Waals surface area contributed by atoms with Crippen LogP contribution in [0.4, 0.5) is 0 Å². The number of rotatable bonds is 8. The molecule has 6 aliphatic carbocycles. The Hall–Kier alpha value is -1.74. The molecule has 0 heterocycles. The molecule has 0 radical (unpaired) electrons. The molecule has 0 aliphatic heterocycles. The summed E-state index contributed by atoms with van der Waals surface area (Å²) in [5.74, 6) is 5.33. The van der Waals surface area contributed by atoms with Crippen LogP contribution in [0.25, 0.3) is 0 Å².